The molecule has 0 radical (unpaired) electrons. The van der Waals surface area contributed by atoms with Crippen LogP contribution in [0.1, 0.15) is 0 Å². The first-order chi connectivity index (χ1) is 3.50. The van der Waals surface area contributed by atoms with Crippen LogP contribution in [-0.4, -0.2) is 0 Å². The molecule has 0 saturated carbocycles. The standard InChI is InChI=1S/C6H7N.Fe/c1-2-4-6-7-5-3-1;/h1-7H;. The monoisotopic (exact) mass is 149 g/mol. The SMILES string of the molecule is C1=CC=CNC=C1.[Fe]. The molecule has 0 atom stereocenters. The third-order valence-electron chi connectivity index (χ3n) is 0.718. The van der Waals surface area contributed by atoms with E-state index in [0.717, 1.165) is 0 Å². The van der Waals surface area contributed by atoms with Gasteiger partial charge in [0.15, 0.2) is 0 Å². The zero-order valence-electron chi connectivity index (χ0n) is 4.32. The van der Waals surface area contributed by atoms with Crippen LogP contribution < -0.4 is 5.32 Å². The van der Waals surface area contributed by atoms with Crippen LogP contribution >= 0.6 is 0 Å². The molecule has 1 N–H and O–H groups in total. The Morgan fingerprint density at radius 3 is 1.75 bits per heavy atom. The molecule has 0 aromatic carbocycles. The molecule has 1 aliphatic rings. The molecule has 0 aliphatic carbocycles. The summed E-state index contributed by atoms with van der Waals surface area (Å²) >= 11 is 0. The van der Waals surface area contributed by atoms with Gasteiger partial charge in [0.2, 0.25) is 0 Å². The van der Waals surface area contributed by atoms with E-state index in [2.05, 4.69) is 5.32 Å². The third-order valence-corrected chi connectivity index (χ3v) is 0.718. The van der Waals surface area contributed by atoms with E-state index in [-0.39, 0.29) is 17.1 Å². The summed E-state index contributed by atoms with van der Waals surface area (Å²) in [4.78, 5) is 0. The molecule has 0 aromatic rings. The Balaban J connectivity index is 0.000000490. The average molecular weight is 149 g/mol. The first-order valence-corrected chi connectivity index (χ1v) is 2.24. The minimum absolute atomic E-state index is 0. The molecule has 1 rings (SSSR count). The van der Waals surface area contributed by atoms with E-state index in [1.165, 1.54) is 0 Å². The zero-order chi connectivity index (χ0) is 4.95. The van der Waals surface area contributed by atoms with Gasteiger partial charge >= 0.3 is 0 Å². The molecule has 0 aromatic heterocycles. The van der Waals surface area contributed by atoms with Gasteiger partial charge in [-0.15, -0.1) is 0 Å². The predicted molar refractivity (Wildman–Crippen MR) is 30.6 cm³/mol. The molecule has 2 heteroatoms. The molecule has 1 aliphatic heterocycles. The molecule has 0 amide bonds. The maximum Gasteiger partial charge on any atom is 0.000442 e. The Kier molecular flexibility index (Phi) is 4.42. The number of nitrogens with one attached hydrogen (secondary N) is 1. The second kappa shape index (κ2) is 4.69. The van der Waals surface area contributed by atoms with Gasteiger partial charge < -0.3 is 5.32 Å². The maximum atomic E-state index is 2.92. The zero-order valence-corrected chi connectivity index (χ0v) is 5.42. The van der Waals surface area contributed by atoms with Crippen LogP contribution in [0.25, 0.3) is 0 Å². The van der Waals surface area contributed by atoms with Crippen molar-refractivity contribution in [1.82, 2.24) is 5.32 Å². The van der Waals surface area contributed by atoms with E-state index in [1.54, 1.807) is 0 Å². The van der Waals surface area contributed by atoms with Crippen molar-refractivity contribution < 1.29 is 17.1 Å². The van der Waals surface area contributed by atoms with Crippen LogP contribution in [0.3, 0.4) is 0 Å². The fourth-order valence-electron chi connectivity index (χ4n) is 0.406. The van der Waals surface area contributed by atoms with E-state index in [1.807, 2.05) is 36.7 Å². The number of rotatable bonds is 0. The van der Waals surface area contributed by atoms with Gasteiger partial charge in [-0.1, -0.05) is 12.2 Å². The fraction of sp³-hybridized carbons (Fsp3) is 0. The summed E-state index contributed by atoms with van der Waals surface area (Å²) in [6.07, 6.45) is 11.6. The molecule has 1 heterocycles. The minimum Gasteiger partial charge on any atom is -0.368 e. The van der Waals surface area contributed by atoms with E-state index < -0.39 is 0 Å². The van der Waals surface area contributed by atoms with Crippen molar-refractivity contribution in [3.8, 4) is 0 Å². The Bertz CT molecular complexity index is 110. The van der Waals surface area contributed by atoms with E-state index in [4.69, 9.17) is 0 Å². The van der Waals surface area contributed by atoms with Crippen LogP contribution in [0.15, 0.2) is 36.7 Å². The van der Waals surface area contributed by atoms with Crippen LogP contribution in [0.4, 0.5) is 0 Å². The molecular formula is C6H7FeN. The fourth-order valence-corrected chi connectivity index (χ4v) is 0.406. The van der Waals surface area contributed by atoms with Gasteiger partial charge in [-0.25, -0.2) is 0 Å². The summed E-state index contributed by atoms with van der Waals surface area (Å²) in [6, 6.07) is 0. The largest absolute Gasteiger partial charge is 0.368 e. The Hall–Kier alpha value is -0.461. The number of hydrogen-bond donors (Lipinski definition) is 1. The van der Waals surface area contributed by atoms with Crippen molar-refractivity contribution in [2.75, 3.05) is 0 Å². The van der Waals surface area contributed by atoms with Crippen molar-refractivity contribution in [2.24, 2.45) is 0 Å². The predicted octanol–water partition coefficient (Wildman–Crippen LogP) is 1.17. The van der Waals surface area contributed by atoms with Crippen molar-refractivity contribution in [2.45, 2.75) is 0 Å². The van der Waals surface area contributed by atoms with Gasteiger partial charge in [-0.2, -0.15) is 0 Å². The van der Waals surface area contributed by atoms with Crippen LogP contribution in [0.2, 0.25) is 0 Å². The summed E-state index contributed by atoms with van der Waals surface area (Å²) in [5.74, 6) is 0. The second-order valence-corrected chi connectivity index (χ2v) is 1.27. The van der Waals surface area contributed by atoms with Gasteiger partial charge in [0.1, 0.15) is 0 Å². The molecular weight excluding hydrogens is 142 g/mol. The maximum absolute atomic E-state index is 2.92. The smallest absolute Gasteiger partial charge is 0.000442 e. The van der Waals surface area contributed by atoms with E-state index >= 15 is 0 Å². The molecule has 8 heavy (non-hydrogen) atoms. The molecule has 44 valence electrons. The Labute approximate surface area is 59.6 Å². The van der Waals surface area contributed by atoms with Crippen LogP contribution in [-0.2, 0) is 17.1 Å². The molecule has 1 nitrogen and oxygen atoms in total. The van der Waals surface area contributed by atoms with Gasteiger partial charge in [-0.05, 0) is 12.2 Å². The Morgan fingerprint density at radius 2 is 1.25 bits per heavy atom. The molecule has 0 saturated heterocycles. The van der Waals surface area contributed by atoms with Gasteiger partial charge in [0.05, 0.1) is 0 Å². The van der Waals surface area contributed by atoms with Gasteiger partial charge in [0.25, 0.3) is 0 Å². The first kappa shape index (κ1) is 7.54. The van der Waals surface area contributed by atoms with Crippen LogP contribution in [0.5, 0.6) is 0 Å². The summed E-state index contributed by atoms with van der Waals surface area (Å²) in [5.41, 5.74) is 0. The minimum atomic E-state index is 0. The van der Waals surface area contributed by atoms with Gasteiger partial charge in [-0.3, -0.25) is 0 Å². The normalized spacial score (nSPS) is 14.0. The summed E-state index contributed by atoms with van der Waals surface area (Å²) in [5, 5.41) is 2.92. The van der Waals surface area contributed by atoms with Crippen molar-refractivity contribution in [3.05, 3.63) is 36.7 Å². The van der Waals surface area contributed by atoms with E-state index in [9.17, 15) is 0 Å². The molecule has 0 unspecified atom stereocenters. The van der Waals surface area contributed by atoms with Crippen molar-refractivity contribution in [1.29, 1.82) is 0 Å². The number of allylic oxidation sites excluding steroid dienone is 4. The summed E-state index contributed by atoms with van der Waals surface area (Å²) < 4.78 is 0. The van der Waals surface area contributed by atoms with Crippen LogP contribution in [0, 0.1) is 0 Å². The second-order valence-electron chi connectivity index (χ2n) is 1.27. The van der Waals surface area contributed by atoms with Gasteiger partial charge in [0, 0.05) is 29.5 Å². The van der Waals surface area contributed by atoms with Crippen molar-refractivity contribution in [3.63, 3.8) is 0 Å². The molecule has 0 bridgehead atoms. The number of hydrogen-bond acceptors (Lipinski definition) is 1. The topological polar surface area (TPSA) is 12.0 Å². The molecule has 0 fully saturated rings. The van der Waals surface area contributed by atoms with Crippen molar-refractivity contribution >= 4 is 0 Å². The average Bonchev–Trinajstić information content (AvgIpc) is 1.90. The quantitative estimate of drug-likeness (QED) is 0.509. The molecule has 0 spiro atoms. The Morgan fingerprint density at radius 1 is 0.750 bits per heavy atom. The third kappa shape index (κ3) is 2.67. The summed E-state index contributed by atoms with van der Waals surface area (Å²) in [6.45, 7) is 0. The first-order valence-electron chi connectivity index (χ1n) is 2.24. The summed E-state index contributed by atoms with van der Waals surface area (Å²) in [7, 11) is 0. The van der Waals surface area contributed by atoms with E-state index in [0.29, 0.717) is 0 Å².